The zero-order chi connectivity index (χ0) is 15.2. The molecule has 0 saturated heterocycles. The molecule has 21 heavy (non-hydrogen) atoms. The van der Waals surface area contributed by atoms with Crippen LogP contribution in [0.25, 0.3) is 11.0 Å². The Kier molecular flexibility index (Phi) is 5.92. The molecule has 0 aliphatic carbocycles. The molecule has 0 aliphatic heterocycles. The van der Waals surface area contributed by atoms with Gasteiger partial charge in [0.25, 0.3) is 0 Å². The number of aryl methyl sites for hydroxylation is 1. The summed E-state index contributed by atoms with van der Waals surface area (Å²) in [5.41, 5.74) is 2.12. The summed E-state index contributed by atoms with van der Waals surface area (Å²) in [5, 5.41) is 0. The summed E-state index contributed by atoms with van der Waals surface area (Å²) in [6.45, 7) is 7.30. The lowest BCUT2D eigenvalue weighted by atomic mass is 10.2. The molecule has 0 N–H and O–H groups in total. The van der Waals surface area contributed by atoms with Crippen molar-refractivity contribution in [3.63, 3.8) is 0 Å². The maximum absolute atomic E-state index is 5.96. The molecule has 0 saturated carbocycles. The standard InChI is InChI=1S/C17H25ClN2O/c1-4-7-13(3)20-14-8-6-9-15(21-12-5-2)17(14)19-16(20)10-11-18/h6,8-9,13H,4-5,7,10-12H2,1-3H3. The third kappa shape index (κ3) is 3.52. The highest BCUT2D eigenvalue weighted by Gasteiger charge is 2.17. The highest BCUT2D eigenvalue weighted by molar-refractivity contribution is 6.17. The monoisotopic (exact) mass is 308 g/mol. The van der Waals surface area contributed by atoms with Gasteiger partial charge < -0.3 is 9.30 Å². The van der Waals surface area contributed by atoms with Crippen molar-refractivity contribution >= 4 is 22.6 Å². The normalized spacial score (nSPS) is 12.8. The SMILES string of the molecule is CCCOc1cccc2c1nc(CCCl)n2C(C)CCC. The number of halogens is 1. The number of aromatic nitrogens is 2. The van der Waals surface area contributed by atoms with Gasteiger partial charge in [-0.25, -0.2) is 4.98 Å². The second-order valence-electron chi connectivity index (χ2n) is 5.45. The predicted octanol–water partition coefficient (Wildman–Crippen LogP) is 4.97. The molecule has 2 aromatic rings. The maximum atomic E-state index is 5.96. The fourth-order valence-corrected chi connectivity index (χ4v) is 2.94. The van der Waals surface area contributed by atoms with Gasteiger partial charge in [-0.15, -0.1) is 11.6 Å². The van der Waals surface area contributed by atoms with Crippen LogP contribution in [0.15, 0.2) is 18.2 Å². The molecule has 0 radical (unpaired) electrons. The smallest absolute Gasteiger partial charge is 0.147 e. The van der Waals surface area contributed by atoms with Gasteiger partial charge in [0.2, 0.25) is 0 Å². The lowest BCUT2D eigenvalue weighted by molar-refractivity contribution is 0.320. The average molecular weight is 309 g/mol. The lowest BCUT2D eigenvalue weighted by Gasteiger charge is -2.16. The second-order valence-corrected chi connectivity index (χ2v) is 5.83. The van der Waals surface area contributed by atoms with Crippen molar-refractivity contribution in [3.05, 3.63) is 24.0 Å². The van der Waals surface area contributed by atoms with Gasteiger partial charge in [-0.2, -0.15) is 0 Å². The van der Waals surface area contributed by atoms with Gasteiger partial charge >= 0.3 is 0 Å². The lowest BCUT2D eigenvalue weighted by Crippen LogP contribution is -2.09. The van der Waals surface area contributed by atoms with E-state index in [9.17, 15) is 0 Å². The van der Waals surface area contributed by atoms with Crippen molar-refractivity contribution in [2.24, 2.45) is 0 Å². The molecular formula is C17H25ClN2O. The Balaban J connectivity index is 2.50. The van der Waals surface area contributed by atoms with Gasteiger partial charge in [0.15, 0.2) is 0 Å². The van der Waals surface area contributed by atoms with E-state index in [0.717, 1.165) is 54.9 Å². The fraction of sp³-hybridized carbons (Fsp3) is 0.588. The first-order valence-corrected chi connectivity index (χ1v) is 8.44. The van der Waals surface area contributed by atoms with E-state index in [1.54, 1.807) is 0 Å². The molecule has 4 heteroatoms. The number of benzene rings is 1. The number of fused-ring (bicyclic) bond motifs is 1. The van der Waals surface area contributed by atoms with Crippen LogP contribution < -0.4 is 4.74 Å². The van der Waals surface area contributed by atoms with Crippen LogP contribution in [0.4, 0.5) is 0 Å². The van der Waals surface area contributed by atoms with E-state index in [1.165, 1.54) is 0 Å². The average Bonchev–Trinajstić information content (AvgIpc) is 2.84. The van der Waals surface area contributed by atoms with Crippen LogP contribution >= 0.6 is 11.6 Å². The Bertz CT molecular complexity index is 579. The topological polar surface area (TPSA) is 27.1 Å². The molecule has 1 heterocycles. The first-order chi connectivity index (χ1) is 10.2. The minimum absolute atomic E-state index is 0.430. The summed E-state index contributed by atoms with van der Waals surface area (Å²) in [6.07, 6.45) is 4.09. The number of nitrogens with zero attached hydrogens (tertiary/aromatic N) is 2. The second kappa shape index (κ2) is 7.69. The summed E-state index contributed by atoms with van der Waals surface area (Å²) in [4.78, 5) is 4.81. The van der Waals surface area contributed by atoms with E-state index in [1.807, 2.05) is 6.07 Å². The molecule has 0 amide bonds. The molecule has 2 rings (SSSR count). The number of ether oxygens (including phenoxy) is 1. The van der Waals surface area contributed by atoms with Gasteiger partial charge in [0, 0.05) is 18.3 Å². The van der Waals surface area contributed by atoms with Gasteiger partial charge in [-0.05, 0) is 31.9 Å². The van der Waals surface area contributed by atoms with Crippen LogP contribution in [-0.2, 0) is 6.42 Å². The molecule has 0 aliphatic rings. The Hall–Kier alpha value is -1.22. The van der Waals surface area contributed by atoms with E-state index >= 15 is 0 Å². The fourth-order valence-electron chi connectivity index (χ4n) is 2.77. The molecule has 0 bridgehead atoms. The Labute approximate surface area is 132 Å². The highest BCUT2D eigenvalue weighted by atomic mass is 35.5. The minimum Gasteiger partial charge on any atom is -0.491 e. The molecule has 116 valence electrons. The summed E-state index contributed by atoms with van der Waals surface area (Å²) in [5.74, 6) is 2.54. The summed E-state index contributed by atoms with van der Waals surface area (Å²) in [7, 11) is 0. The van der Waals surface area contributed by atoms with Crippen LogP contribution in [0.2, 0.25) is 0 Å². The van der Waals surface area contributed by atoms with E-state index in [2.05, 4.69) is 37.5 Å². The van der Waals surface area contributed by atoms with Crippen molar-refractivity contribution in [1.82, 2.24) is 9.55 Å². The number of imidazole rings is 1. The number of hydrogen-bond donors (Lipinski definition) is 0. The van der Waals surface area contributed by atoms with Gasteiger partial charge in [-0.1, -0.05) is 26.3 Å². The van der Waals surface area contributed by atoms with Crippen LogP contribution in [-0.4, -0.2) is 22.0 Å². The Morgan fingerprint density at radius 3 is 2.76 bits per heavy atom. The number of rotatable bonds is 8. The summed E-state index contributed by atoms with van der Waals surface area (Å²) < 4.78 is 8.18. The zero-order valence-electron chi connectivity index (χ0n) is 13.2. The van der Waals surface area contributed by atoms with Gasteiger partial charge in [0.1, 0.15) is 17.1 Å². The van der Waals surface area contributed by atoms with Crippen LogP contribution in [0.1, 0.15) is 51.9 Å². The van der Waals surface area contributed by atoms with E-state index in [-0.39, 0.29) is 0 Å². The van der Waals surface area contributed by atoms with Gasteiger partial charge in [0.05, 0.1) is 12.1 Å². The van der Waals surface area contributed by atoms with E-state index in [4.69, 9.17) is 21.3 Å². The third-order valence-electron chi connectivity index (χ3n) is 3.68. The van der Waals surface area contributed by atoms with Crippen LogP contribution in [0.3, 0.4) is 0 Å². The molecule has 0 fully saturated rings. The first-order valence-electron chi connectivity index (χ1n) is 7.91. The molecule has 1 atom stereocenters. The predicted molar refractivity (Wildman–Crippen MR) is 89.6 cm³/mol. The summed E-state index contributed by atoms with van der Waals surface area (Å²) in [6, 6.07) is 6.61. The molecule has 3 nitrogen and oxygen atoms in total. The van der Waals surface area contributed by atoms with Crippen LogP contribution in [0, 0.1) is 0 Å². The minimum atomic E-state index is 0.430. The van der Waals surface area contributed by atoms with E-state index < -0.39 is 0 Å². The maximum Gasteiger partial charge on any atom is 0.147 e. The van der Waals surface area contributed by atoms with E-state index in [0.29, 0.717) is 11.9 Å². The largest absolute Gasteiger partial charge is 0.491 e. The summed E-state index contributed by atoms with van der Waals surface area (Å²) >= 11 is 5.96. The number of para-hydroxylation sites is 1. The Morgan fingerprint density at radius 2 is 2.10 bits per heavy atom. The van der Waals surface area contributed by atoms with Crippen molar-refractivity contribution in [2.75, 3.05) is 12.5 Å². The quantitative estimate of drug-likeness (QED) is 0.644. The van der Waals surface area contributed by atoms with Crippen LogP contribution in [0.5, 0.6) is 5.75 Å². The molecule has 1 unspecified atom stereocenters. The highest BCUT2D eigenvalue weighted by Crippen LogP contribution is 2.30. The molecule has 1 aromatic heterocycles. The number of hydrogen-bond acceptors (Lipinski definition) is 2. The molecule has 0 spiro atoms. The van der Waals surface area contributed by atoms with Gasteiger partial charge in [-0.3, -0.25) is 0 Å². The Morgan fingerprint density at radius 1 is 1.29 bits per heavy atom. The molecular weight excluding hydrogens is 284 g/mol. The van der Waals surface area contributed by atoms with Crippen molar-refractivity contribution < 1.29 is 4.74 Å². The zero-order valence-corrected chi connectivity index (χ0v) is 14.0. The van der Waals surface area contributed by atoms with Crippen molar-refractivity contribution in [1.29, 1.82) is 0 Å². The first kappa shape index (κ1) is 16.2. The molecule has 1 aromatic carbocycles. The van der Waals surface area contributed by atoms with Crippen molar-refractivity contribution in [2.45, 2.75) is 52.5 Å². The third-order valence-corrected chi connectivity index (χ3v) is 3.87. The number of alkyl halides is 1. The van der Waals surface area contributed by atoms with Crippen molar-refractivity contribution in [3.8, 4) is 5.75 Å².